The molecule has 1 atom stereocenters. The third-order valence-corrected chi connectivity index (χ3v) is 5.66. The highest BCUT2D eigenvalue weighted by atomic mass is 16.5. The highest BCUT2D eigenvalue weighted by molar-refractivity contribution is 5.89. The van der Waals surface area contributed by atoms with Crippen molar-refractivity contribution in [1.82, 2.24) is 0 Å². The lowest BCUT2D eigenvalue weighted by molar-refractivity contribution is 0.0338. The van der Waals surface area contributed by atoms with Crippen LogP contribution in [0.15, 0.2) is 48.5 Å². The highest BCUT2D eigenvalue weighted by Crippen LogP contribution is 2.21. The molecular weight excluding hydrogens is 384 g/mol. The minimum absolute atomic E-state index is 0.277. The number of rotatable bonds is 15. The highest BCUT2D eigenvalue weighted by Gasteiger charge is 2.14. The maximum absolute atomic E-state index is 12.5. The van der Waals surface area contributed by atoms with Crippen molar-refractivity contribution in [3.8, 4) is 5.75 Å². The zero-order valence-electron chi connectivity index (χ0n) is 19.7. The predicted octanol–water partition coefficient (Wildman–Crippen LogP) is 8.08. The van der Waals surface area contributed by atoms with Crippen molar-refractivity contribution in [3.05, 3.63) is 65.2 Å². The molecule has 0 aliphatic rings. The Kier molecular flexibility index (Phi) is 11.8. The molecule has 0 bridgehead atoms. The average molecular weight is 425 g/mol. The predicted molar refractivity (Wildman–Crippen MR) is 129 cm³/mol. The molecule has 3 nitrogen and oxygen atoms in total. The average Bonchev–Trinajstić information content (AvgIpc) is 2.80. The van der Waals surface area contributed by atoms with E-state index in [1.54, 1.807) is 12.1 Å². The number of aryl methyl sites for hydroxylation is 1. The number of carbonyl (C=O) groups excluding carboxylic acids is 1. The monoisotopic (exact) mass is 424 g/mol. The molecule has 0 fully saturated rings. The van der Waals surface area contributed by atoms with Crippen LogP contribution in [-0.4, -0.2) is 12.6 Å². The molecule has 0 saturated heterocycles. The van der Waals surface area contributed by atoms with Crippen molar-refractivity contribution in [2.24, 2.45) is 0 Å². The fraction of sp³-hybridized carbons (Fsp3) is 0.536. The summed E-state index contributed by atoms with van der Waals surface area (Å²) in [6.07, 6.45) is 12.1. The molecule has 2 aromatic rings. The number of carbonyl (C=O) groups is 1. The fourth-order valence-electron chi connectivity index (χ4n) is 3.59. The maximum Gasteiger partial charge on any atom is 0.338 e. The van der Waals surface area contributed by atoms with Crippen molar-refractivity contribution in [3.63, 3.8) is 0 Å². The molecule has 0 radical (unpaired) electrons. The molecule has 0 aliphatic heterocycles. The van der Waals surface area contributed by atoms with E-state index >= 15 is 0 Å². The SMILES string of the molecule is CCCCCCCCc1ccc(C(C)OC(=O)c2ccc(OCCCCC)cc2)cc1. The Labute approximate surface area is 189 Å². The number of hydrogen-bond donors (Lipinski definition) is 0. The van der Waals surface area contributed by atoms with E-state index in [1.807, 2.05) is 19.1 Å². The summed E-state index contributed by atoms with van der Waals surface area (Å²) in [6.45, 7) is 7.06. The first-order valence-corrected chi connectivity index (χ1v) is 12.2. The lowest BCUT2D eigenvalue weighted by Gasteiger charge is -2.14. The van der Waals surface area contributed by atoms with E-state index in [1.165, 1.54) is 56.9 Å². The van der Waals surface area contributed by atoms with Gasteiger partial charge in [-0.05, 0) is 61.6 Å². The van der Waals surface area contributed by atoms with Gasteiger partial charge in [0.15, 0.2) is 0 Å². The standard InChI is InChI=1S/C28H40O3/c1-4-6-8-9-10-11-13-24-14-16-25(17-15-24)23(3)31-28(29)26-18-20-27(21-19-26)30-22-12-7-5-2/h14-21,23H,4-13,22H2,1-3H3. The number of unbranched alkanes of at least 4 members (excludes halogenated alkanes) is 7. The van der Waals surface area contributed by atoms with Crippen molar-refractivity contribution in [1.29, 1.82) is 0 Å². The zero-order chi connectivity index (χ0) is 22.3. The van der Waals surface area contributed by atoms with E-state index in [0.717, 1.165) is 24.2 Å². The van der Waals surface area contributed by atoms with Gasteiger partial charge in [-0.15, -0.1) is 0 Å². The molecule has 2 aromatic carbocycles. The summed E-state index contributed by atoms with van der Waals surface area (Å²) in [7, 11) is 0. The summed E-state index contributed by atoms with van der Waals surface area (Å²) >= 11 is 0. The smallest absolute Gasteiger partial charge is 0.338 e. The van der Waals surface area contributed by atoms with Gasteiger partial charge in [-0.1, -0.05) is 83.1 Å². The molecule has 3 heteroatoms. The third kappa shape index (κ3) is 9.59. The van der Waals surface area contributed by atoms with Crippen LogP contribution >= 0.6 is 0 Å². The lowest BCUT2D eigenvalue weighted by atomic mass is 10.0. The second kappa shape index (κ2) is 14.7. The second-order valence-corrected chi connectivity index (χ2v) is 8.39. The number of benzene rings is 2. The van der Waals surface area contributed by atoms with Crippen molar-refractivity contribution >= 4 is 5.97 Å². The number of ether oxygens (including phenoxy) is 2. The van der Waals surface area contributed by atoms with Gasteiger partial charge in [0.05, 0.1) is 12.2 Å². The van der Waals surface area contributed by atoms with E-state index in [2.05, 4.69) is 38.1 Å². The van der Waals surface area contributed by atoms with Gasteiger partial charge in [0.2, 0.25) is 0 Å². The van der Waals surface area contributed by atoms with Crippen LogP contribution in [0.5, 0.6) is 5.75 Å². The summed E-state index contributed by atoms with van der Waals surface area (Å²) in [6, 6.07) is 15.7. The van der Waals surface area contributed by atoms with E-state index in [9.17, 15) is 4.79 Å². The Morgan fingerprint density at radius 2 is 1.39 bits per heavy atom. The van der Waals surface area contributed by atoms with Crippen LogP contribution in [0.25, 0.3) is 0 Å². The Morgan fingerprint density at radius 3 is 2.06 bits per heavy atom. The summed E-state index contributed by atoms with van der Waals surface area (Å²) in [5.41, 5.74) is 2.93. The number of hydrogen-bond acceptors (Lipinski definition) is 3. The lowest BCUT2D eigenvalue weighted by Crippen LogP contribution is -2.09. The Morgan fingerprint density at radius 1 is 0.774 bits per heavy atom. The van der Waals surface area contributed by atoms with Crippen molar-refractivity contribution in [2.75, 3.05) is 6.61 Å². The molecule has 2 rings (SSSR count). The first-order valence-electron chi connectivity index (χ1n) is 12.2. The molecule has 0 N–H and O–H groups in total. The number of esters is 1. The molecular formula is C28H40O3. The van der Waals surface area contributed by atoms with Gasteiger partial charge in [-0.25, -0.2) is 4.79 Å². The quantitative estimate of drug-likeness (QED) is 0.214. The fourth-order valence-corrected chi connectivity index (χ4v) is 3.59. The van der Waals surface area contributed by atoms with E-state index in [4.69, 9.17) is 9.47 Å². The van der Waals surface area contributed by atoms with Crippen LogP contribution in [0.4, 0.5) is 0 Å². The van der Waals surface area contributed by atoms with Crippen LogP contribution in [0.3, 0.4) is 0 Å². The molecule has 0 spiro atoms. The molecule has 0 amide bonds. The summed E-state index contributed by atoms with van der Waals surface area (Å²) in [4.78, 5) is 12.5. The maximum atomic E-state index is 12.5. The molecule has 1 unspecified atom stereocenters. The van der Waals surface area contributed by atoms with Gasteiger partial charge in [0, 0.05) is 0 Å². The zero-order valence-corrected chi connectivity index (χ0v) is 19.7. The van der Waals surface area contributed by atoms with Crippen LogP contribution in [0.1, 0.15) is 106 Å². The summed E-state index contributed by atoms with van der Waals surface area (Å²) in [5.74, 6) is 0.489. The topological polar surface area (TPSA) is 35.5 Å². The molecule has 0 saturated carbocycles. The van der Waals surface area contributed by atoms with Crippen molar-refractivity contribution in [2.45, 2.75) is 91.1 Å². The summed E-state index contributed by atoms with van der Waals surface area (Å²) in [5, 5.41) is 0. The minimum Gasteiger partial charge on any atom is -0.494 e. The third-order valence-electron chi connectivity index (χ3n) is 5.66. The van der Waals surface area contributed by atoms with Crippen LogP contribution in [-0.2, 0) is 11.2 Å². The first-order chi connectivity index (χ1) is 15.1. The van der Waals surface area contributed by atoms with E-state index < -0.39 is 0 Å². The first kappa shape index (κ1) is 25.0. The Balaban J connectivity index is 1.76. The van der Waals surface area contributed by atoms with Crippen LogP contribution in [0.2, 0.25) is 0 Å². The van der Waals surface area contributed by atoms with E-state index in [-0.39, 0.29) is 12.1 Å². The van der Waals surface area contributed by atoms with Gasteiger partial charge >= 0.3 is 5.97 Å². The molecule has 31 heavy (non-hydrogen) atoms. The normalized spacial score (nSPS) is 11.8. The minimum atomic E-state index is -0.304. The van der Waals surface area contributed by atoms with E-state index in [0.29, 0.717) is 12.2 Å². The largest absolute Gasteiger partial charge is 0.494 e. The molecule has 170 valence electrons. The van der Waals surface area contributed by atoms with Gasteiger partial charge in [-0.3, -0.25) is 0 Å². The van der Waals surface area contributed by atoms with Crippen LogP contribution < -0.4 is 4.74 Å². The Bertz CT molecular complexity index is 734. The second-order valence-electron chi connectivity index (χ2n) is 8.39. The molecule has 0 aliphatic carbocycles. The van der Waals surface area contributed by atoms with Gasteiger partial charge in [0.1, 0.15) is 11.9 Å². The van der Waals surface area contributed by atoms with Gasteiger partial charge in [-0.2, -0.15) is 0 Å². The molecule has 0 aromatic heterocycles. The Hall–Kier alpha value is -2.29. The molecule has 0 heterocycles. The summed E-state index contributed by atoms with van der Waals surface area (Å²) < 4.78 is 11.4. The van der Waals surface area contributed by atoms with Crippen molar-refractivity contribution < 1.29 is 14.3 Å². The van der Waals surface area contributed by atoms with Gasteiger partial charge in [0.25, 0.3) is 0 Å². The van der Waals surface area contributed by atoms with Crippen LogP contribution in [0, 0.1) is 0 Å². The van der Waals surface area contributed by atoms with Gasteiger partial charge < -0.3 is 9.47 Å².